The van der Waals surface area contributed by atoms with Crippen molar-refractivity contribution in [3.63, 3.8) is 0 Å². The summed E-state index contributed by atoms with van der Waals surface area (Å²) in [5.74, 6) is 0.392. The Hall–Kier alpha value is -1.75. The monoisotopic (exact) mass is 323 g/mol. The Labute approximate surface area is 118 Å². The molecule has 0 saturated carbocycles. The topological polar surface area (TPSA) is 39.2 Å². The summed E-state index contributed by atoms with van der Waals surface area (Å²) in [7, 11) is 0. The summed E-state index contributed by atoms with van der Waals surface area (Å²) in [6.07, 6.45) is 1.85. The minimum atomic E-state index is -0.393. The molecule has 0 unspecified atom stereocenters. The Morgan fingerprint density at radius 1 is 1.32 bits per heavy atom. The molecule has 0 saturated heterocycles. The second-order valence-electron chi connectivity index (χ2n) is 3.86. The second-order valence-corrected chi connectivity index (χ2v) is 4.78. The second kappa shape index (κ2) is 5.93. The summed E-state index contributed by atoms with van der Waals surface area (Å²) < 4.78 is 19.2. The van der Waals surface area contributed by atoms with Crippen molar-refractivity contribution in [2.24, 2.45) is 0 Å². The predicted octanol–water partition coefficient (Wildman–Crippen LogP) is 4.37. The molecule has 19 heavy (non-hydrogen) atoms. The van der Waals surface area contributed by atoms with Crippen LogP contribution in [0.4, 0.5) is 4.39 Å². The molecule has 0 aliphatic carbocycles. The van der Waals surface area contributed by atoms with Crippen LogP contribution >= 0.6 is 15.9 Å². The molecular formula is C14H11BrFNO2. The SMILES string of the molecule is CCC(=O)c1ccc(Oc2cc(F)cc(Br)c2)cn1. The summed E-state index contributed by atoms with van der Waals surface area (Å²) in [4.78, 5) is 15.4. The zero-order chi connectivity index (χ0) is 13.8. The highest BCUT2D eigenvalue weighted by molar-refractivity contribution is 9.10. The lowest BCUT2D eigenvalue weighted by molar-refractivity contribution is 0.0983. The number of halogens is 2. The fourth-order valence-electron chi connectivity index (χ4n) is 1.51. The minimum Gasteiger partial charge on any atom is -0.456 e. The molecule has 1 aromatic carbocycles. The van der Waals surface area contributed by atoms with Crippen molar-refractivity contribution in [1.29, 1.82) is 0 Å². The van der Waals surface area contributed by atoms with E-state index in [0.29, 0.717) is 28.1 Å². The van der Waals surface area contributed by atoms with E-state index in [9.17, 15) is 9.18 Å². The molecule has 0 aliphatic rings. The Balaban J connectivity index is 2.17. The fourth-order valence-corrected chi connectivity index (χ4v) is 1.95. The number of hydrogen-bond acceptors (Lipinski definition) is 3. The van der Waals surface area contributed by atoms with Crippen LogP contribution in [-0.4, -0.2) is 10.8 Å². The Bertz CT molecular complexity index is 579. The highest BCUT2D eigenvalue weighted by Gasteiger charge is 2.06. The number of Topliss-reactive ketones (excluding diaryl/α,β-unsaturated/α-hetero) is 1. The molecule has 0 amide bonds. The van der Waals surface area contributed by atoms with E-state index in [0.717, 1.165) is 0 Å². The molecule has 0 atom stereocenters. The van der Waals surface area contributed by atoms with Gasteiger partial charge in [-0.1, -0.05) is 22.9 Å². The summed E-state index contributed by atoms with van der Waals surface area (Å²) in [5, 5.41) is 0. The van der Waals surface area contributed by atoms with Crippen LogP contribution in [0.15, 0.2) is 41.0 Å². The van der Waals surface area contributed by atoms with Gasteiger partial charge in [-0.2, -0.15) is 0 Å². The lowest BCUT2D eigenvalue weighted by Crippen LogP contribution is -1.99. The van der Waals surface area contributed by atoms with Crippen molar-refractivity contribution >= 4 is 21.7 Å². The first kappa shape index (κ1) is 13.7. The van der Waals surface area contributed by atoms with Crippen molar-refractivity contribution in [3.05, 3.63) is 52.5 Å². The number of carbonyl (C=O) groups is 1. The van der Waals surface area contributed by atoms with Crippen molar-refractivity contribution in [3.8, 4) is 11.5 Å². The van der Waals surface area contributed by atoms with Crippen molar-refractivity contribution in [2.45, 2.75) is 13.3 Å². The zero-order valence-electron chi connectivity index (χ0n) is 10.2. The molecule has 0 radical (unpaired) electrons. The predicted molar refractivity (Wildman–Crippen MR) is 73.0 cm³/mol. The van der Waals surface area contributed by atoms with E-state index in [-0.39, 0.29) is 5.78 Å². The van der Waals surface area contributed by atoms with Gasteiger partial charge in [0, 0.05) is 17.0 Å². The first-order valence-electron chi connectivity index (χ1n) is 5.71. The van der Waals surface area contributed by atoms with E-state index in [4.69, 9.17) is 4.74 Å². The number of hydrogen-bond donors (Lipinski definition) is 0. The molecule has 3 nitrogen and oxygen atoms in total. The molecule has 5 heteroatoms. The minimum absolute atomic E-state index is 0.0277. The van der Waals surface area contributed by atoms with Gasteiger partial charge in [0.1, 0.15) is 23.0 Å². The molecule has 0 fully saturated rings. The molecule has 0 bridgehead atoms. The van der Waals surface area contributed by atoms with E-state index in [2.05, 4.69) is 20.9 Å². The van der Waals surface area contributed by atoms with Crippen molar-refractivity contribution in [2.75, 3.05) is 0 Å². The van der Waals surface area contributed by atoms with E-state index < -0.39 is 5.82 Å². The summed E-state index contributed by atoms with van der Waals surface area (Å²) in [6.45, 7) is 1.78. The molecule has 98 valence electrons. The van der Waals surface area contributed by atoms with Crippen LogP contribution in [-0.2, 0) is 0 Å². The number of rotatable bonds is 4. The molecule has 1 heterocycles. The van der Waals surface area contributed by atoms with Gasteiger partial charge in [-0.3, -0.25) is 4.79 Å². The maximum Gasteiger partial charge on any atom is 0.180 e. The van der Waals surface area contributed by atoms with Gasteiger partial charge < -0.3 is 4.74 Å². The average molecular weight is 324 g/mol. The third-order valence-corrected chi connectivity index (χ3v) is 2.87. The number of ketones is 1. The van der Waals surface area contributed by atoms with Crippen molar-refractivity contribution < 1.29 is 13.9 Å². The number of pyridine rings is 1. The van der Waals surface area contributed by atoms with Crippen LogP contribution in [0.3, 0.4) is 0 Å². The van der Waals surface area contributed by atoms with E-state index in [1.54, 1.807) is 25.1 Å². The largest absolute Gasteiger partial charge is 0.456 e. The standard InChI is InChI=1S/C14H11BrFNO2/c1-2-14(18)13-4-3-11(8-17-13)19-12-6-9(15)5-10(16)7-12/h3-8H,2H2,1H3. The first-order chi connectivity index (χ1) is 9.08. The quantitative estimate of drug-likeness (QED) is 0.784. The molecule has 1 aromatic heterocycles. The fraction of sp³-hybridized carbons (Fsp3) is 0.143. The van der Waals surface area contributed by atoms with Crippen LogP contribution in [0.5, 0.6) is 11.5 Å². The third kappa shape index (κ3) is 3.61. The Morgan fingerprint density at radius 2 is 2.11 bits per heavy atom. The number of carbonyl (C=O) groups excluding carboxylic acids is 1. The summed E-state index contributed by atoms with van der Waals surface area (Å²) in [5.41, 5.74) is 0.398. The van der Waals surface area contributed by atoms with Crippen LogP contribution < -0.4 is 4.74 Å². The van der Waals surface area contributed by atoms with E-state index in [1.165, 1.54) is 18.3 Å². The van der Waals surface area contributed by atoms with Crippen LogP contribution in [0, 0.1) is 5.82 Å². The molecule has 2 aromatic rings. The molecule has 0 aliphatic heterocycles. The molecule has 2 rings (SSSR count). The van der Waals surface area contributed by atoms with Gasteiger partial charge in [0.25, 0.3) is 0 Å². The number of benzene rings is 1. The average Bonchev–Trinajstić information content (AvgIpc) is 2.37. The zero-order valence-corrected chi connectivity index (χ0v) is 11.8. The molecule has 0 N–H and O–H groups in total. The van der Waals surface area contributed by atoms with Gasteiger partial charge in [0.2, 0.25) is 0 Å². The van der Waals surface area contributed by atoms with Crippen LogP contribution in [0.2, 0.25) is 0 Å². The van der Waals surface area contributed by atoms with E-state index in [1.807, 2.05) is 0 Å². The summed E-state index contributed by atoms with van der Waals surface area (Å²) in [6, 6.07) is 7.49. The number of aromatic nitrogens is 1. The van der Waals surface area contributed by atoms with Gasteiger partial charge in [0.05, 0.1) is 6.20 Å². The highest BCUT2D eigenvalue weighted by Crippen LogP contribution is 2.25. The maximum atomic E-state index is 13.2. The first-order valence-corrected chi connectivity index (χ1v) is 6.51. The molecular weight excluding hydrogens is 313 g/mol. The molecule has 0 spiro atoms. The number of ether oxygens (including phenoxy) is 1. The third-order valence-electron chi connectivity index (χ3n) is 2.41. The van der Waals surface area contributed by atoms with Crippen LogP contribution in [0.25, 0.3) is 0 Å². The normalized spacial score (nSPS) is 10.3. The van der Waals surface area contributed by atoms with Gasteiger partial charge in [-0.05, 0) is 24.3 Å². The Morgan fingerprint density at radius 3 is 2.68 bits per heavy atom. The van der Waals surface area contributed by atoms with Crippen molar-refractivity contribution in [1.82, 2.24) is 4.98 Å². The van der Waals surface area contributed by atoms with Gasteiger partial charge in [0.15, 0.2) is 5.78 Å². The Kier molecular flexibility index (Phi) is 4.27. The van der Waals surface area contributed by atoms with Crippen LogP contribution in [0.1, 0.15) is 23.8 Å². The smallest absolute Gasteiger partial charge is 0.180 e. The summed E-state index contributed by atoms with van der Waals surface area (Å²) >= 11 is 3.19. The van der Waals surface area contributed by atoms with Gasteiger partial charge in [-0.25, -0.2) is 9.37 Å². The van der Waals surface area contributed by atoms with Gasteiger partial charge in [-0.15, -0.1) is 0 Å². The van der Waals surface area contributed by atoms with E-state index >= 15 is 0 Å². The van der Waals surface area contributed by atoms with Gasteiger partial charge >= 0.3 is 0 Å². The maximum absolute atomic E-state index is 13.2. The number of nitrogens with zero attached hydrogens (tertiary/aromatic N) is 1. The lowest BCUT2D eigenvalue weighted by Gasteiger charge is -2.06. The lowest BCUT2D eigenvalue weighted by atomic mass is 10.2. The highest BCUT2D eigenvalue weighted by atomic mass is 79.9.